The van der Waals surface area contributed by atoms with E-state index in [1.807, 2.05) is 0 Å². The fraction of sp³-hybridized carbons (Fsp3) is 0.500. The Kier molecular flexibility index (Phi) is 6.84. The summed E-state index contributed by atoms with van der Waals surface area (Å²) >= 11 is 0. The van der Waals surface area contributed by atoms with Crippen LogP contribution in [-0.4, -0.2) is 49.4 Å². The maximum atomic E-state index is 12.2. The first-order chi connectivity index (χ1) is 9.97. The second kappa shape index (κ2) is 8.15. The average molecular weight is 326 g/mol. The number of nitrogens with zero attached hydrogens (tertiary/aromatic N) is 1. The quantitative estimate of drug-likeness (QED) is 0.889. The zero-order valence-corrected chi connectivity index (χ0v) is 14.1. The molecule has 0 aromatic heterocycles. The zero-order valence-electron chi connectivity index (χ0n) is 13.3. The molecule has 1 aliphatic heterocycles. The molecule has 5 nitrogen and oxygen atoms in total. The van der Waals surface area contributed by atoms with Crippen LogP contribution >= 0.6 is 12.4 Å². The molecule has 2 atom stereocenters. The summed E-state index contributed by atoms with van der Waals surface area (Å²) in [6.07, 6.45) is 1.90. The molecule has 1 aromatic carbocycles. The molecule has 2 unspecified atom stereocenters. The van der Waals surface area contributed by atoms with Gasteiger partial charge in [-0.25, -0.2) is 0 Å². The van der Waals surface area contributed by atoms with Crippen molar-refractivity contribution in [3.05, 3.63) is 35.4 Å². The lowest BCUT2D eigenvalue weighted by Crippen LogP contribution is -2.46. The molecule has 0 spiro atoms. The van der Waals surface area contributed by atoms with Crippen molar-refractivity contribution in [2.45, 2.75) is 31.8 Å². The van der Waals surface area contributed by atoms with Gasteiger partial charge in [-0.3, -0.25) is 9.59 Å². The van der Waals surface area contributed by atoms with E-state index in [2.05, 4.69) is 17.6 Å². The molecular formula is C16H24ClN3O2. The summed E-state index contributed by atoms with van der Waals surface area (Å²) < 4.78 is 0. The highest BCUT2D eigenvalue weighted by molar-refractivity contribution is 5.97. The number of amides is 2. The van der Waals surface area contributed by atoms with Gasteiger partial charge in [0, 0.05) is 37.3 Å². The van der Waals surface area contributed by atoms with Crippen molar-refractivity contribution in [2.75, 3.05) is 20.6 Å². The number of piperidine rings is 1. The van der Waals surface area contributed by atoms with Crippen molar-refractivity contribution in [1.29, 1.82) is 0 Å². The van der Waals surface area contributed by atoms with E-state index in [9.17, 15) is 9.59 Å². The van der Waals surface area contributed by atoms with Crippen LogP contribution in [0, 0.1) is 0 Å². The highest BCUT2D eigenvalue weighted by atomic mass is 35.5. The van der Waals surface area contributed by atoms with Crippen LogP contribution in [-0.2, 0) is 0 Å². The summed E-state index contributed by atoms with van der Waals surface area (Å²) in [6, 6.07) is 7.46. The van der Waals surface area contributed by atoms with Crippen molar-refractivity contribution in [3.8, 4) is 0 Å². The van der Waals surface area contributed by atoms with Crippen molar-refractivity contribution in [1.82, 2.24) is 15.5 Å². The number of benzene rings is 1. The van der Waals surface area contributed by atoms with Gasteiger partial charge in [0.15, 0.2) is 0 Å². The van der Waals surface area contributed by atoms with Gasteiger partial charge in [-0.2, -0.15) is 0 Å². The van der Waals surface area contributed by atoms with E-state index in [-0.39, 0.29) is 30.3 Å². The van der Waals surface area contributed by atoms with Crippen LogP contribution in [0.4, 0.5) is 0 Å². The summed E-state index contributed by atoms with van der Waals surface area (Å²) in [6.45, 7) is 3.06. The summed E-state index contributed by atoms with van der Waals surface area (Å²) in [7, 11) is 3.42. The first-order valence-electron chi connectivity index (χ1n) is 7.33. The Balaban J connectivity index is 0.00000242. The summed E-state index contributed by atoms with van der Waals surface area (Å²) in [5, 5.41) is 6.42. The molecule has 2 rings (SSSR count). The standard InChI is InChI=1S/C16H23N3O2.ClH/c1-11-10-14(8-9-17-11)18-15(20)12-4-6-13(7-5-12)16(21)19(2)3;/h4-7,11,14,17H,8-10H2,1-3H3,(H,18,20);1H. The summed E-state index contributed by atoms with van der Waals surface area (Å²) in [5.41, 5.74) is 1.18. The van der Waals surface area contributed by atoms with E-state index < -0.39 is 0 Å². The number of carbonyl (C=O) groups excluding carboxylic acids is 2. The molecule has 0 saturated carbocycles. The SMILES string of the molecule is CC1CC(NC(=O)c2ccc(C(=O)N(C)C)cc2)CCN1.Cl. The first-order valence-corrected chi connectivity index (χ1v) is 7.33. The minimum Gasteiger partial charge on any atom is -0.349 e. The topological polar surface area (TPSA) is 61.4 Å². The maximum Gasteiger partial charge on any atom is 0.253 e. The lowest BCUT2D eigenvalue weighted by molar-refractivity contribution is 0.0826. The largest absolute Gasteiger partial charge is 0.349 e. The van der Waals surface area contributed by atoms with Gasteiger partial charge in [0.05, 0.1) is 0 Å². The van der Waals surface area contributed by atoms with Crippen LogP contribution in [0.5, 0.6) is 0 Å². The second-order valence-corrected chi connectivity index (χ2v) is 5.83. The lowest BCUT2D eigenvalue weighted by Gasteiger charge is -2.28. The Morgan fingerprint density at radius 2 is 1.77 bits per heavy atom. The second-order valence-electron chi connectivity index (χ2n) is 5.83. The number of carbonyl (C=O) groups is 2. The molecule has 122 valence electrons. The Labute approximate surface area is 137 Å². The van der Waals surface area contributed by atoms with E-state index in [4.69, 9.17) is 0 Å². The molecule has 2 N–H and O–H groups in total. The first kappa shape index (κ1) is 18.5. The monoisotopic (exact) mass is 325 g/mol. The number of rotatable bonds is 3. The molecular weight excluding hydrogens is 302 g/mol. The number of hydrogen-bond acceptors (Lipinski definition) is 3. The molecule has 0 bridgehead atoms. The molecule has 22 heavy (non-hydrogen) atoms. The molecule has 1 aromatic rings. The van der Waals surface area contributed by atoms with E-state index in [1.54, 1.807) is 38.4 Å². The molecule has 6 heteroatoms. The normalized spacial score (nSPS) is 20.7. The third kappa shape index (κ3) is 4.71. The number of halogens is 1. The van der Waals surface area contributed by atoms with Gasteiger partial charge in [0.1, 0.15) is 0 Å². The van der Waals surface area contributed by atoms with Gasteiger partial charge >= 0.3 is 0 Å². The zero-order chi connectivity index (χ0) is 15.4. The minimum atomic E-state index is -0.0713. The minimum absolute atomic E-state index is 0. The molecule has 1 aliphatic rings. The van der Waals surface area contributed by atoms with E-state index in [1.165, 1.54) is 4.90 Å². The van der Waals surface area contributed by atoms with Crippen LogP contribution in [0.3, 0.4) is 0 Å². The van der Waals surface area contributed by atoms with E-state index in [0.29, 0.717) is 17.2 Å². The van der Waals surface area contributed by atoms with Crippen molar-refractivity contribution < 1.29 is 9.59 Å². The molecule has 0 aliphatic carbocycles. The smallest absolute Gasteiger partial charge is 0.253 e. The third-order valence-electron chi connectivity index (χ3n) is 3.76. The summed E-state index contributed by atoms with van der Waals surface area (Å²) in [5.74, 6) is -0.132. The van der Waals surface area contributed by atoms with Gasteiger partial charge in [-0.05, 0) is 50.6 Å². The van der Waals surface area contributed by atoms with Crippen LogP contribution in [0.25, 0.3) is 0 Å². The Hall–Kier alpha value is -1.59. The van der Waals surface area contributed by atoms with Crippen molar-refractivity contribution >= 4 is 24.2 Å². The van der Waals surface area contributed by atoms with Crippen LogP contribution in [0.15, 0.2) is 24.3 Å². The van der Waals surface area contributed by atoms with Crippen molar-refractivity contribution in [3.63, 3.8) is 0 Å². The number of nitrogens with one attached hydrogen (secondary N) is 2. The fourth-order valence-corrected chi connectivity index (χ4v) is 2.55. The van der Waals surface area contributed by atoms with Gasteiger partial charge in [0.2, 0.25) is 0 Å². The highest BCUT2D eigenvalue weighted by Crippen LogP contribution is 2.11. The average Bonchev–Trinajstić information content (AvgIpc) is 2.46. The Morgan fingerprint density at radius 3 is 2.32 bits per heavy atom. The Morgan fingerprint density at radius 1 is 1.18 bits per heavy atom. The van der Waals surface area contributed by atoms with Crippen LogP contribution in [0.1, 0.15) is 40.5 Å². The van der Waals surface area contributed by atoms with Gasteiger partial charge in [0.25, 0.3) is 11.8 Å². The Bertz CT molecular complexity index is 517. The molecule has 1 heterocycles. The predicted molar refractivity (Wildman–Crippen MR) is 89.7 cm³/mol. The van der Waals surface area contributed by atoms with Gasteiger partial charge in [-0.1, -0.05) is 0 Å². The van der Waals surface area contributed by atoms with Crippen LogP contribution < -0.4 is 10.6 Å². The maximum absolute atomic E-state index is 12.2. The number of hydrogen-bond donors (Lipinski definition) is 2. The third-order valence-corrected chi connectivity index (χ3v) is 3.76. The fourth-order valence-electron chi connectivity index (χ4n) is 2.55. The molecule has 1 fully saturated rings. The molecule has 1 saturated heterocycles. The van der Waals surface area contributed by atoms with Crippen LogP contribution in [0.2, 0.25) is 0 Å². The van der Waals surface area contributed by atoms with Gasteiger partial charge < -0.3 is 15.5 Å². The van der Waals surface area contributed by atoms with E-state index in [0.717, 1.165) is 19.4 Å². The molecule has 2 amide bonds. The van der Waals surface area contributed by atoms with Crippen molar-refractivity contribution in [2.24, 2.45) is 0 Å². The van der Waals surface area contributed by atoms with E-state index >= 15 is 0 Å². The summed E-state index contributed by atoms with van der Waals surface area (Å²) in [4.78, 5) is 25.5. The molecule has 0 radical (unpaired) electrons. The lowest BCUT2D eigenvalue weighted by atomic mass is 10.00. The highest BCUT2D eigenvalue weighted by Gasteiger charge is 2.20. The van der Waals surface area contributed by atoms with Gasteiger partial charge in [-0.15, -0.1) is 12.4 Å². The predicted octanol–water partition coefficient (Wildman–Crippen LogP) is 1.68.